The smallest absolute Gasteiger partial charge is 0.433 e. The quantitative estimate of drug-likeness (QED) is 0.395. The van der Waals surface area contributed by atoms with Gasteiger partial charge in [0, 0.05) is 36.4 Å². The summed E-state index contributed by atoms with van der Waals surface area (Å²) in [4.78, 5) is 22.0. The first-order valence-corrected chi connectivity index (χ1v) is 11.3. The molecule has 1 amide bonds. The molecule has 1 N–H and O–H groups in total. The molecule has 3 aromatic rings. The molecule has 0 unspecified atom stereocenters. The molecule has 1 saturated heterocycles. The number of halogens is 5. The van der Waals surface area contributed by atoms with Gasteiger partial charge in [0.05, 0.1) is 0 Å². The molecule has 35 heavy (non-hydrogen) atoms. The number of benzene rings is 1. The van der Waals surface area contributed by atoms with Crippen molar-refractivity contribution in [1.29, 1.82) is 0 Å². The molecule has 1 aromatic carbocycles. The monoisotopic (exact) mass is 522 g/mol. The third-order valence-corrected chi connectivity index (χ3v) is 5.59. The Morgan fingerprint density at radius 2 is 1.89 bits per heavy atom. The molecule has 1 aliphatic rings. The van der Waals surface area contributed by atoms with Crippen LogP contribution in [0.25, 0.3) is 6.08 Å². The van der Waals surface area contributed by atoms with Crippen molar-refractivity contribution in [2.24, 2.45) is 0 Å². The van der Waals surface area contributed by atoms with E-state index in [4.69, 9.17) is 27.9 Å². The van der Waals surface area contributed by atoms with E-state index in [1.165, 1.54) is 18.3 Å². The van der Waals surface area contributed by atoms with Crippen molar-refractivity contribution in [2.75, 3.05) is 25.0 Å². The Balaban J connectivity index is 1.40. The Bertz CT molecular complexity index is 1230. The largest absolute Gasteiger partial charge is 0.470 e. The lowest BCUT2D eigenvalue weighted by atomic mass is 10.1. The van der Waals surface area contributed by atoms with Gasteiger partial charge in [0.2, 0.25) is 5.88 Å². The van der Waals surface area contributed by atoms with E-state index in [1.54, 1.807) is 12.1 Å². The standard InChI is InChI=1S/C24H19Cl2F3N4O2/c25-17-5-3-15(4-6-17)2-1-11-33-13-18(14-33)35-23-19(7-8-20(32-23)24(27,28)29)31-22(34)16-9-10-30-21(26)12-16/h1-10,12,18H,11,13-14H2,(H,31,34). The number of anilines is 1. The molecule has 0 spiro atoms. The zero-order valence-corrected chi connectivity index (χ0v) is 19.6. The number of pyridine rings is 2. The summed E-state index contributed by atoms with van der Waals surface area (Å²) in [5.74, 6) is -0.877. The van der Waals surface area contributed by atoms with Crippen LogP contribution in [0, 0.1) is 0 Å². The van der Waals surface area contributed by atoms with Gasteiger partial charge in [0.25, 0.3) is 5.91 Å². The van der Waals surface area contributed by atoms with Crippen LogP contribution in [0.2, 0.25) is 10.2 Å². The molecular formula is C24H19Cl2F3N4O2. The maximum atomic E-state index is 13.2. The average Bonchev–Trinajstić information content (AvgIpc) is 2.78. The zero-order valence-electron chi connectivity index (χ0n) is 18.1. The summed E-state index contributed by atoms with van der Waals surface area (Å²) in [6.07, 6.45) is 0.258. The second-order valence-electron chi connectivity index (χ2n) is 7.78. The number of nitrogens with zero attached hydrogens (tertiary/aromatic N) is 3. The molecule has 182 valence electrons. The van der Waals surface area contributed by atoms with Gasteiger partial charge in [-0.1, -0.05) is 47.5 Å². The molecule has 6 nitrogen and oxygen atoms in total. The maximum absolute atomic E-state index is 13.2. The number of amides is 1. The van der Waals surface area contributed by atoms with E-state index >= 15 is 0 Å². The second kappa shape index (κ2) is 10.6. The van der Waals surface area contributed by atoms with Crippen LogP contribution in [0.15, 0.2) is 60.8 Å². The van der Waals surface area contributed by atoms with Crippen LogP contribution in [-0.2, 0) is 6.18 Å². The first kappa shape index (κ1) is 25.0. The van der Waals surface area contributed by atoms with E-state index in [1.807, 2.05) is 24.3 Å². The molecule has 1 fully saturated rings. The van der Waals surface area contributed by atoms with Gasteiger partial charge < -0.3 is 10.1 Å². The summed E-state index contributed by atoms with van der Waals surface area (Å²) < 4.78 is 45.4. The van der Waals surface area contributed by atoms with E-state index in [0.29, 0.717) is 24.7 Å². The van der Waals surface area contributed by atoms with Crippen molar-refractivity contribution >= 4 is 40.9 Å². The molecule has 3 heterocycles. The van der Waals surface area contributed by atoms with Crippen molar-refractivity contribution in [3.05, 3.63) is 87.8 Å². The number of hydrogen-bond acceptors (Lipinski definition) is 5. The van der Waals surface area contributed by atoms with Gasteiger partial charge in [0.1, 0.15) is 22.6 Å². The Kier molecular flexibility index (Phi) is 7.59. The molecule has 0 aliphatic carbocycles. The van der Waals surface area contributed by atoms with Crippen LogP contribution in [0.4, 0.5) is 18.9 Å². The van der Waals surface area contributed by atoms with E-state index in [2.05, 4.69) is 20.2 Å². The van der Waals surface area contributed by atoms with Crippen LogP contribution in [0.5, 0.6) is 5.88 Å². The molecule has 0 bridgehead atoms. The Hall–Kier alpha value is -3.14. The molecular weight excluding hydrogens is 504 g/mol. The van der Waals surface area contributed by atoms with Gasteiger partial charge in [-0.05, 0) is 42.0 Å². The predicted molar refractivity (Wildman–Crippen MR) is 128 cm³/mol. The molecule has 2 aromatic heterocycles. The van der Waals surface area contributed by atoms with Crippen LogP contribution < -0.4 is 10.1 Å². The maximum Gasteiger partial charge on any atom is 0.433 e. The molecule has 1 aliphatic heterocycles. The summed E-state index contributed by atoms with van der Waals surface area (Å²) in [5, 5.41) is 3.31. The van der Waals surface area contributed by atoms with Crippen molar-refractivity contribution in [1.82, 2.24) is 14.9 Å². The normalized spacial score (nSPS) is 14.7. The van der Waals surface area contributed by atoms with Gasteiger partial charge in [-0.3, -0.25) is 9.69 Å². The fourth-order valence-electron chi connectivity index (χ4n) is 3.34. The Morgan fingerprint density at radius 3 is 2.57 bits per heavy atom. The number of alkyl halides is 3. The number of carbonyl (C=O) groups is 1. The molecule has 11 heteroatoms. The third kappa shape index (κ3) is 6.72. The summed E-state index contributed by atoms with van der Waals surface area (Å²) in [7, 11) is 0. The Morgan fingerprint density at radius 1 is 1.14 bits per heavy atom. The van der Waals surface area contributed by atoms with Crippen LogP contribution in [-0.4, -0.2) is 46.5 Å². The number of rotatable bonds is 7. The summed E-state index contributed by atoms with van der Waals surface area (Å²) >= 11 is 11.7. The minimum Gasteiger partial charge on any atom is -0.470 e. The van der Waals surface area contributed by atoms with Crippen LogP contribution >= 0.6 is 23.2 Å². The number of nitrogens with one attached hydrogen (secondary N) is 1. The summed E-state index contributed by atoms with van der Waals surface area (Å²) in [6, 6.07) is 12.1. The number of hydrogen-bond donors (Lipinski definition) is 1. The highest BCUT2D eigenvalue weighted by Gasteiger charge is 2.35. The summed E-state index contributed by atoms with van der Waals surface area (Å²) in [5.41, 5.74) is 0.112. The van der Waals surface area contributed by atoms with E-state index < -0.39 is 17.8 Å². The number of ether oxygens (including phenoxy) is 1. The van der Waals surface area contributed by atoms with Gasteiger partial charge in [-0.25, -0.2) is 9.97 Å². The van der Waals surface area contributed by atoms with Gasteiger partial charge >= 0.3 is 6.18 Å². The third-order valence-electron chi connectivity index (χ3n) is 5.13. The minimum absolute atomic E-state index is 0.0250. The highest BCUT2D eigenvalue weighted by molar-refractivity contribution is 6.30. The van der Waals surface area contributed by atoms with Crippen molar-refractivity contribution in [3.63, 3.8) is 0 Å². The van der Waals surface area contributed by atoms with E-state index in [0.717, 1.165) is 17.7 Å². The fourth-order valence-corrected chi connectivity index (χ4v) is 3.64. The fraction of sp³-hybridized carbons (Fsp3) is 0.208. The van der Waals surface area contributed by atoms with Gasteiger partial charge in [-0.15, -0.1) is 0 Å². The zero-order chi connectivity index (χ0) is 25.0. The first-order valence-electron chi connectivity index (χ1n) is 10.5. The van der Waals surface area contributed by atoms with Crippen molar-refractivity contribution < 1.29 is 22.7 Å². The lowest BCUT2D eigenvalue weighted by Crippen LogP contribution is -2.53. The highest BCUT2D eigenvalue weighted by Crippen LogP contribution is 2.33. The van der Waals surface area contributed by atoms with Gasteiger partial charge in [0.15, 0.2) is 0 Å². The molecule has 4 rings (SSSR count). The predicted octanol–water partition coefficient (Wildman–Crippen LogP) is 5.83. The lowest BCUT2D eigenvalue weighted by molar-refractivity contribution is -0.141. The van der Waals surface area contributed by atoms with Crippen LogP contribution in [0.1, 0.15) is 21.6 Å². The summed E-state index contributed by atoms with van der Waals surface area (Å²) in [6.45, 7) is 1.64. The second-order valence-corrected chi connectivity index (χ2v) is 8.60. The molecule has 0 atom stereocenters. The van der Waals surface area contributed by atoms with Crippen molar-refractivity contribution in [3.8, 4) is 5.88 Å². The van der Waals surface area contributed by atoms with Crippen LogP contribution in [0.3, 0.4) is 0 Å². The van der Waals surface area contributed by atoms with Crippen molar-refractivity contribution in [2.45, 2.75) is 12.3 Å². The Labute approximate surface area is 209 Å². The van der Waals surface area contributed by atoms with E-state index in [-0.39, 0.29) is 28.4 Å². The number of carbonyl (C=O) groups excluding carboxylic acids is 1. The van der Waals surface area contributed by atoms with Gasteiger partial charge in [-0.2, -0.15) is 13.2 Å². The van der Waals surface area contributed by atoms with E-state index in [9.17, 15) is 18.0 Å². The minimum atomic E-state index is -4.66. The number of likely N-dealkylation sites (tertiary alicyclic amines) is 1. The number of aromatic nitrogens is 2. The first-order chi connectivity index (χ1) is 16.7. The topological polar surface area (TPSA) is 67.3 Å². The average molecular weight is 523 g/mol. The lowest BCUT2D eigenvalue weighted by Gasteiger charge is -2.38. The SMILES string of the molecule is O=C(Nc1ccc(C(F)(F)F)nc1OC1CN(CC=Cc2ccc(Cl)cc2)C1)c1ccnc(Cl)c1. The molecule has 0 saturated carbocycles. The molecule has 0 radical (unpaired) electrons. The highest BCUT2D eigenvalue weighted by atomic mass is 35.5.